The van der Waals surface area contributed by atoms with Crippen LogP contribution in [0.4, 0.5) is 0 Å². The number of allylic oxidation sites excluding steroid dienone is 2. The Bertz CT molecular complexity index is 778. The number of hydrazone groups is 1. The van der Waals surface area contributed by atoms with Gasteiger partial charge in [-0.1, -0.05) is 42.5 Å². The number of benzene rings is 1. The molecule has 1 heterocycles. The van der Waals surface area contributed by atoms with E-state index in [9.17, 15) is 14.7 Å². The molecule has 7 nitrogen and oxygen atoms in total. The van der Waals surface area contributed by atoms with Gasteiger partial charge in [0.25, 0.3) is 5.91 Å². The van der Waals surface area contributed by atoms with Crippen LogP contribution in [0.15, 0.2) is 58.7 Å². The van der Waals surface area contributed by atoms with Crippen molar-refractivity contribution in [2.75, 3.05) is 32.7 Å². The van der Waals surface area contributed by atoms with E-state index in [1.54, 1.807) is 6.08 Å². The minimum absolute atomic E-state index is 0.190. The molecule has 0 spiro atoms. The molecule has 0 radical (unpaired) electrons. The summed E-state index contributed by atoms with van der Waals surface area (Å²) in [6, 6.07) is 10.4. The molecule has 2 aliphatic rings. The first-order valence-corrected chi connectivity index (χ1v) is 9.56. The van der Waals surface area contributed by atoms with Crippen LogP contribution in [0.3, 0.4) is 0 Å². The first-order chi connectivity index (χ1) is 13.6. The van der Waals surface area contributed by atoms with Crippen molar-refractivity contribution in [2.24, 2.45) is 5.10 Å². The second-order valence-electron chi connectivity index (χ2n) is 6.99. The third-order valence-corrected chi connectivity index (χ3v) is 4.89. The number of carbonyl (C=O) groups is 2. The van der Waals surface area contributed by atoms with E-state index in [1.165, 1.54) is 11.8 Å². The number of carboxylic acids is 1. The Labute approximate surface area is 165 Å². The molecule has 1 fully saturated rings. The van der Waals surface area contributed by atoms with E-state index in [2.05, 4.69) is 44.6 Å². The third-order valence-electron chi connectivity index (χ3n) is 4.89. The summed E-state index contributed by atoms with van der Waals surface area (Å²) < 4.78 is 0. The highest BCUT2D eigenvalue weighted by molar-refractivity contribution is 6.02. The van der Waals surface area contributed by atoms with Crippen LogP contribution in [-0.2, 0) is 16.1 Å². The molecule has 1 amide bonds. The highest BCUT2D eigenvalue weighted by Crippen LogP contribution is 2.17. The Hall–Kier alpha value is -2.77. The van der Waals surface area contributed by atoms with Crippen molar-refractivity contribution in [3.05, 3.63) is 59.2 Å². The summed E-state index contributed by atoms with van der Waals surface area (Å²) in [5.41, 5.74) is 4.57. The number of piperazine rings is 1. The zero-order valence-corrected chi connectivity index (χ0v) is 15.9. The van der Waals surface area contributed by atoms with E-state index >= 15 is 0 Å². The number of aliphatic carboxylic acids is 1. The highest BCUT2D eigenvalue weighted by atomic mass is 16.4. The minimum Gasteiger partial charge on any atom is -0.478 e. The zero-order chi connectivity index (χ0) is 19.8. The van der Waals surface area contributed by atoms with Crippen molar-refractivity contribution >= 4 is 18.1 Å². The van der Waals surface area contributed by atoms with Crippen LogP contribution in [-0.4, -0.2) is 65.7 Å². The summed E-state index contributed by atoms with van der Waals surface area (Å²) in [4.78, 5) is 27.8. The van der Waals surface area contributed by atoms with Crippen LogP contribution < -0.4 is 5.43 Å². The molecule has 148 valence electrons. The lowest BCUT2D eigenvalue weighted by Gasteiger charge is -2.34. The van der Waals surface area contributed by atoms with E-state index in [1.807, 2.05) is 12.1 Å². The van der Waals surface area contributed by atoms with Crippen LogP contribution in [0.1, 0.15) is 18.4 Å². The molecule has 1 aliphatic carbocycles. The Morgan fingerprint density at radius 2 is 1.71 bits per heavy atom. The molecule has 28 heavy (non-hydrogen) atoms. The average Bonchev–Trinajstić information content (AvgIpc) is 2.70. The summed E-state index contributed by atoms with van der Waals surface area (Å²) in [5.74, 6) is -1.16. The van der Waals surface area contributed by atoms with Gasteiger partial charge in [0.15, 0.2) is 0 Å². The molecule has 0 atom stereocenters. The minimum atomic E-state index is -0.975. The quantitative estimate of drug-likeness (QED) is 0.553. The fraction of sp³-hybridized carbons (Fsp3) is 0.381. The maximum atomic E-state index is 12.1. The van der Waals surface area contributed by atoms with Gasteiger partial charge < -0.3 is 5.11 Å². The Morgan fingerprint density at radius 3 is 2.43 bits per heavy atom. The lowest BCUT2D eigenvalue weighted by atomic mass is 9.99. The van der Waals surface area contributed by atoms with E-state index in [0.717, 1.165) is 39.1 Å². The van der Waals surface area contributed by atoms with Crippen LogP contribution in [0.25, 0.3) is 0 Å². The van der Waals surface area contributed by atoms with Crippen LogP contribution in [0, 0.1) is 0 Å². The molecule has 3 rings (SSSR count). The second-order valence-corrected chi connectivity index (χ2v) is 6.99. The number of nitrogens with one attached hydrogen (secondary N) is 1. The molecule has 0 unspecified atom stereocenters. The number of hydrogen-bond acceptors (Lipinski definition) is 5. The van der Waals surface area contributed by atoms with Crippen molar-refractivity contribution in [3.63, 3.8) is 0 Å². The molecule has 2 N–H and O–H groups in total. The van der Waals surface area contributed by atoms with Crippen molar-refractivity contribution in [1.82, 2.24) is 15.2 Å². The maximum Gasteiger partial charge on any atom is 0.336 e. The molecule has 1 aromatic rings. The Kier molecular flexibility index (Phi) is 7.11. The van der Waals surface area contributed by atoms with E-state index in [-0.39, 0.29) is 18.0 Å². The number of rotatable bonds is 7. The summed E-state index contributed by atoms with van der Waals surface area (Å²) >= 11 is 0. The molecular formula is C21H26N4O3. The third kappa shape index (κ3) is 5.87. The molecule has 1 aliphatic heterocycles. The van der Waals surface area contributed by atoms with Crippen molar-refractivity contribution < 1.29 is 14.7 Å². The fourth-order valence-corrected chi connectivity index (χ4v) is 3.39. The van der Waals surface area contributed by atoms with Crippen LogP contribution in [0.5, 0.6) is 0 Å². The highest BCUT2D eigenvalue weighted by Gasteiger charge is 2.19. The second kappa shape index (κ2) is 9.96. The molecule has 7 heteroatoms. The molecule has 0 bridgehead atoms. The van der Waals surface area contributed by atoms with Crippen LogP contribution >= 0.6 is 0 Å². The lowest BCUT2D eigenvalue weighted by molar-refractivity contribution is -0.132. The zero-order valence-electron chi connectivity index (χ0n) is 15.9. The van der Waals surface area contributed by atoms with Gasteiger partial charge in [-0.2, -0.15) is 5.10 Å². The van der Waals surface area contributed by atoms with Gasteiger partial charge in [0.1, 0.15) is 0 Å². The first-order valence-electron chi connectivity index (χ1n) is 9.56. The standard InChI is InChI=1S/C21H26N4O3/c26-20(23-22-14-18-8-4-5-9-19(18)21(27)28)16-25-12-10-24(11-13-25)15-17-6-2-1-3-7-17/h1-3,6-9,14H,4-5,10-13,15-16H2,(H,23,26)(H,27,28)/b22-14+. The average molecular weight is 382 g/mol. The molecule has 0 aromatic heterocycles. The topological polar surface area (TPSA) is 85.2 Å². The van der Waals surface area contributed by atoms with Gasteiger partial charge in [0.2, 0.25) is 0 Å². The van der Waals surface area contributed by atoms with Crippen molar-refractivity contribution in [2.45, 2.75) is 19.4 Å². The number of amides is 1. The van der Waals surface area contributed by atoms with E-state index in [4.69, 9.17) is 0 Å². The monoisotopic (exact) mass is 382 g/mol. The number of carboxylic acid groups (broad SMARTS) is 1. The predicted octanol–water partition coefficient (Wildman–Crippen LogP) is 1.64. The van der Waals surface area contributed by atoms with Crippen LogP contribution in [0.2, 0.25) is 0 Å². The first kappa shape index (κ1) is 20.0. The van der Waals surface area contributed by atoms with Crippen molar-refractivity contribution in [3.8, 4) is 0 Å². The number of nitrogens with zero attached hydrogens (tertiary/aromatic N) is 3. The van der Waals surface area contributed by atoms with Gasteiger partial charge >= 0.3 is 5.97 Å². The summed E-state index contributed by atoms with van der Waals surface area (Å²) in [5, 5.41) is 13.1. The summed E-state index contributed by atoms with van der Waals surface area (Å²) in [7, 11) is 0. The smallest absolute Gasteiger partial charge is 0.336 e. The Balaban J connectivity index is 1.39. The number of carbonyl (C=O) groups excluding carboxylic acids is 1. The van der Waals surface area contributed by atoms with Gasteiger partial charge in [0, 0.05) is 38.3 Å². The van der Waals surface area contributed by atoms with Crippen molar-refractivity contribution in [1.29, 1.82) is 0 Å². The predicted molar refractivity (Wildman–Crippen MR) is 108 cm³/mol. The van der Waals surface area contributed by atoms with E-state index < -0.39 is 5.97 Å². The Morgan fingerprint density at radius 1 is 1.04 bits per heavy atom. The molecule has 1 aromatic carbocycles. The normalized spacial score (nSPS) is 18.6. The lowest BCUT2D eigenvalue weighted by Crippen LogP contribution is -2.48. The van der Waals surface area contributed by atoms with Gasteiger partial charge in [-0.05, 0) is 18.4 Å². The SMILES string of the molecule is O=C(CN1CCN(Cc2ccccc2)CC1)N/N=C/C1=CCCC=C1C(=O)O. The summed E-state index contributed by atoms with van der Waals surface area (Å²) in [6.45, 7) is 4.73. The molecule has 1 saturated heterocycles. The van der Waals surface area contributed by atoms with Gasteiger partial charge in [-0.15, -0.1) is 0 Å². The van der Waals surface area contributed by atoms with Gasteiger partial charge in [-0.25, -0.2) is 10.2 Å². The molecular weight excluding hydrogens is 356 g/mol. The van der Waals surface area contributed by atoms with Gasteiger partial charge in [-0.3, -0.25) is 14.6 Å². The fourth-order valence-electron chi connectivity index (χ4n) is 3.39. The number of hydrogen-bond donors (Lipinski definition) is 2. The largest absolute Gasteiger partial charge is 0.478 e. The van der Waals surface area contributed by atoms with Gasteiger partial charge in [0.05, 0.1) is 18.3 Å². The maximum absolute atomic E-state index is 12.1. The summed E-state index contributed by atoms with van der Waals surface area (Å²) in [6.07, 6.45) is 6.40. The molecule has 0 saturated carbocycles. The van der Waals surface area contributed by atoms with E-state index in [0.29, 0.717) is 12.0 Å².